The van der Waals surface area contributed by atoms with Gasteiger partial charge in [0, 0.05) is 29.4 Å². The number of oxazole rings is 1. The summed E-state index contributed by atoms with van der Waals surface area (Å²) in [5.74, 6) is -0.276. The van der Waals surface area contributed by atoms with E-state index >= 15 is 0 Å². The van der Waals surface area contributed by atoms with Gasteiger partial charge in [0.05, 0.1) is 25.5 Å². The molecule has 0 aliphatic heterocycles. The summed E-state index contributed by atoms with van der Waals surface area (Å²) in [5, 5.41) is 0. The number of hydrogen-bond acceptors (Lipinski definition) is 7. The quantitative estimate of drug-likeness (QED) is 0.408. The predicted molar refractivity (Wildman–Crippen MR) is 120 cm³/mol. The molecular weight excluding hydrogens is 412 g/mol. The maximum atomic E-state index is 12.8. The molecule has 1 heterocycles. The average molecular weight is 438 g/mol. The van der Waals surface area contributed by atoms with E-state index in [1.54, 1.807) is 48.7 Å². The Morgan fingerprint density at radius 3 is 2.47 bits per heavy atom. The molecule has 0 fully saturated rings. The lowest BCUT2D eigenvalue weighted by Gasteiger charge is -2.38. The number of hydrogen-bond donors (Lipinski definition) is 2. The summed E-state index contributed by atoms with van der Waals surface area (Å²) in [6.45, 7) is 3.96. The van der Waals surface area contributed by atoms with Crippen LogP contribution in [0.2, 0.25) is 0 Å². The summed E-state index contributed by atoms with van der Waals surface area (Å²) >= 11 is 0. The summed E-state index contributed by atoms with van der Waals surface area (Å²) in [7, 11) is 1.50. The predicted octanol–water partition coefficient (Wildman–Crippen LogP) is 3.00. The van der Waals surface area contributed by atoms with E-state index in [1.165, 1.54) is 18.4 Å². The smallest absolute Gasteiger partial charge is 0.316 e. The van der Waals surface area contributed by atoms with Crippen molar-refractivity contribution in [2.24, 2.45) is 5.73 Å². The fourth-order valence-electron chi connectivity index (χ4n) is 3.32. The van der Waals surface area contributed by atoms with Crippen LogP contribution >= 0.6 is 0 Å². The first kappa shape index (κ1) is 22.7. The molecule has 1 aromatic heterocycles. The highest BCUT2D eigenvalue weighted by molar-refractivity contribution is 6.40. The maximum Gasteiger partial charge on any atom is 0.316 e. The van der Waals surface area contributed by atoms with E-state index < -0.39 is 17.4 Å². The molecule has 2 aromatic carbocycles. The second-order valence-corrected chi connectivity index (χ2v) is 7.74. The molecule has 9 heteroatoms. The highest BCUT2D eigenvalue weighted by atomic mass is 16.5. The third-order valence-corrected chi connectivity index (χ3v) is 5.02. The highest BCUT2D eigenvalue weighted by Crippen LogP contribution is 2.36. The van der Waals surface area contributed by atoms with E-state index in [9.17, 15) is 9.59 Å². The van der Waals surface area contributed by atoms with Crippen LogP contribution in [0.4, 0.5) is 11.4 Å². The van der Waals surface area contributed by atoms with E-state index in [-0.39, 0.29) is 0 Å². The van der Waals surface area contributed by atoms with Gasteiger partial charge in [0.2, 0.25) is 0 Å². The summed E-state index contributed by atoms with van der Waals surface area (Å²) in [6, 6.07) is 12.1. The first-order chi connectivity index (χ1) is 15.2. The zero-order valence-electron chi connectivity index (χ0n) is 18.2. The molecule has 0 saturated heterocycles. The first-order valence-corrected chi connectivity index (χ1v) is 9.92. The topological polar surface area (TPSA) is 134 Å². The third kappa shape index (κ3) is 5.00. The van der Waals surface area contributed by atoms with Crippen molar-refractivity contribution < 1.29 is 23.5 Å². The van der Waals surface area contributed by atoms with E-state index in [4.69, 9.17) is 25.4 Å². The van der Waals surface area contributed by atoms with Crippen molar-refractivity contribution in [3.8, 4) is 22.8 Å². The van der Waals surface area contributed by atoms with E-state index in [1.807, 2.05) is 13.8 Å². The number of carbonyl (C=O) groups is 2. The number of nitrogens with zero attached hydrogens (tertiary/aromatic N) is 2. The van der Waals surface area contributed by atoms with Gasteiger partial charge in [-0.3, -0.25) is 14.5 Å². The SMILES string of the molecule is COc1cc(N(C(=O)C(N)=O)C(C)(C)CCOc2ccc(N)cc2)ccc1-c1cnco1. The van der Waals surface area contributed by atoms with Crippen LogP contribution in [-0.4, -0.2) is 36.1 Å². The van der Waals surface area contributed by atoms with Gasteiger partial charge in [0.15, 0.2) is 12.2 Å². The Labute approximate surface area is 185 Å². The lowest BCUT2D eigenvalue weighted by molar-refractivity contribution is -0.136. The number of aromatic nitrogens is 1. The van der Waals surface area contributed by atoms with Gasteiger partial charge in [-0.15, -0.1) is 0 Å². The van der Waals surface area contributed by atoms with Gasteiger partial charge in [0.1, 0.15) is 11.5 Å². The normalized spacial score (nSPS) is 11.1. The zero-order chi connectivity index (χ0) is 23.3. The minimum absolute atomic E-state index is 0.298. The summed E-state index contributed by atoms with van der Waals surface area (Å²) in [4.78, 5) is 29.9. The molecule has 168 valence electrons. The Morgan fingerprint density at radius 1 is 1.16 bits per heavy atom. The molecule has 0 aliphatic rings. The average Bonchev–Trinajstić information content (AvgIpc) is 3.29. The second kappa shape index (κ2) is 9.42. The van der Waals surface area contributed by atoms with E-state index in [2.05, 4.69) is 4.98 Å². The molecule has 0 saturated carbocycles. The fourth-order valence-corrected chi connectivity index (χ4v) is 3.32. The standard InChI is InChI=1S/C23H26N4O5/c1-23(2,10-11-31-17-7-4-15(24)5-8-17)27(22(29)21(25)28)16-6-9-18(19(12-16)30-3)20-13-26-14-32-20/h4-9,12-14H,10-11,24H2,1-3H3,(H2,25,28). The van der Waals surface area contributed by atoms with Gasteiger partial charge in [-0.2, -0.15) is 0 Å². The molecule has 2 amide bonds. The highest BCUT2D eigenvalue weighted by Gasteiger charge is 2.35. The number of nitrogens with two attached hydrogens (primary N) is 2. The van der Waals surface area contributed by atoms with E-state index in [0.717, 1.165) is 0 Å². The lowest BCUT2D eigenvalue weighted by Crippen LogP contribution is -2.53. The van der Waals surface area contributed by atoms with Crippen LogP contribution in [0.1, 0.15) is 20.3 Å². The molecule has 4 N–H and O–H groups in total. The largest absolute Gasteiger partial charge is 0.496 e. The molecule has 3 aromatic rings. The number of amides is 2. The minimum atomic E-state index is -1.06. The van der Waals surface area contributed by atoms with Crippen molar-refractivity contribution in [2.75, 3.05) is 24.4 Å². The molecule has 0 spiro atoms. The van der Waals surface area contributed by atoms with Crippen LogP contribution in [0.25, 0.3) is 11.3 Å². The number of anilines is 2. The summed E-state index contributed by atoms with van der Waals surface area (Å²) in [6.07, 6.45) is 3.29. The number of ether oxygens (including phenoxy) is 2. The second-order valence-electron chi connectivity index (χ2n) is 7.74. The van der Waals surface area contributed by atoms with Gasteiger partial charge in [-0.25, -0.2) is 4.98 Å². The van der Waals surface area contributed by atoms with Crippen molar-refractivity contribution >= 4 is 23.2 Å². The molecule has 0 aliphatic carbocycles. The zero-order valence-corrected chi connectivity index (χ0v) is 18.2. The van der Waals surface area contributed by atoms with E-state index in [0.29, 0.717) is 47.2 Å². The van der Waals surface area contributed by atoms with Crippen molar-refractivity contribution in [3.05, 3.63) is 55.1 Å². The van der Waals surface area contributed by atoms with Crippen molar-refractivity contribution in [1.82, 2.24) is 4.98 Å². The molecule has 0 atom stereocenters. The molecule has 3 rings (SSSR count). The Hall–Kier alpha value is -4.01. The molecule has 9 nitrogen and oxygen atoms in total. The van der Waals surface area contributed by atoms with Crippen LogP contribution in [-0.2, 0) is 9.59 Å². The van der Waals surface area contributed by atoms with Gasteiger partial charge in [-0.1, -0.05) is 0 Å². The Balaban J connectivity index is 1.87. The number of nitrogen functional groups attached to an aromatic ring is 1. The molecule has 0 radical (unpaired) electrons. The number of rotatable bonds is 8. The van der Waals surface area contributed by atoms with Crippen molar-refractivity contribution in [1.29, 1.82) is 0 Å². The van der Waals surface area contributed by atoms with Crippen LogP contribution < -0.4 is 25.8 Å². The number of methoxy groups -OCH3 is 1. The molecule has 32 heavy (non-hydrogen) atoms. The van der Waals surface area contributed by atoms with Gasteiger partial charge in [0.25, 0.3) is 0 Å². The maximum absolute atomic E-state index is 12.8. The molecule has 0 bridgehead atoms. The van der Waals surface area contributed by atoms with Crippen molar-refractivity contribution in [3.63, 3.8) is 0 Å². The van der Waals surface area contributed by atoms with Crippen LogP contribution in [0.3, 0.4) is 0 Å². The number of primary amides is 1. The Morgan fingerprint density at radius 2 is 1.88 bits per heavy atom. The first-order valence-electron chi connectivity index (χ1n) is 9.92. The Kier molecular flexibility index (Phi) is 6.67. The lowest BCUT2D eigenvalue weighted by atomic mass is 9.96. The van der Waals surface area contributed by atoms with Crippen LogP contribution in [0.5, 0.6) is 11.5 Å². The summed E-state index contributed by atoms with van der Waals surface area (Å²) in [5.41, 5.74) is 12.0. The molecule has 0 unspecified atom stereocenters. The van der Waals surface area contributed by atoms with Gasteiger partial charge in [-0.05, 0) is 50.2 Å². The van der Waals surface area contributed by atoms with Crippen LogP contribution in [0.15, 0.2) is 59.5 Å². The number of carbonyl (C=O) groups excluding carboxylic acids is 2. The van der Waals surface area contributed by atoms with Gasteiger partial charge < -0.3 is 25.4 Å². The van der Waals surface area contributed by atoms with Gasteiger partial charge >= 0.3 is 11.8 Å². The molecular formula is C23H26N4O5. The third-order valence-electron chi connectivity index (χ3n) is 5.02. The van der Waals surface area contributed by atoms with Crippen LogP contribution in [0, 0.1) is 0 Å². The minimum Gasteiger partial charge on any atom is -0.496 e. The monoisotopic (exact) mass is 438 g/mol. The Bertz CT molecular complexity index is 1080. The number of benzene rings is 2. The summed E-state index contributed by atoms with van der Waals surface area (Å²) < 4.78 is 16.6. The van der Waals surface area contributed by atoms with Crippen molar-refractivity contribution in [2.45, 2.75) is 25.8 Å². The fraction of sp³-hybridized carbons (Fsp3) is 0.261.